The van der Waals surface area contributed by atoms with Crippen molar-refractivity contribution < 1.29 is 14.7 Å². The number of hydrogen-bond acceptors (Lipinski definition) is 3. The lowest BCUT2D eigenvalue weighted by Crippen LogP contribution is -2.51. The lowest BCUT2D eigenvalue weighted by molar-refractivity contribution is -0.130. The monoisotopic (exact) mass is 282 g/mol. The van der Waals surface area contributed by atoms with E-state index in [0.717, 1.165) is 25.7 Å². The number of hydrogen-bond donors (Lipinski definition) is 2. The summed E-state index contributed by atoms with van der Waals surface area (Å²) in [7, 11) is 0. The number of carbonyl (C=O) groups excluding carboxylic acids is 2. The summed E-state index contributed by atoms with van der Waals surface area (Å²) in [6.07, 6.45) is 4.07. The molecular formula is C15H26N2O3. The van der Waals surface area contributed by atoms with Gasteiger partial charge in [0.05, 0.1) is 18.1 Å². The Labute approximate surface area is 120 Å². The van der Waals surface area contributed by atoms with Gasteiger partial charge in [-0.25, -0.2) is 0 Å². The highest BCUT2D eigenvalue weighted by molar-refractivity contribution is 5.89. The van der Waals surface area contributed by atoms with Crippen LogP contribution in [0.4, 0.5) is 0 Å². The van der Waals surface area contributed by atoms with E-state index >= 15 is 0 Å². The van der Waals surface area contributed by atoms with E-state index in [2.05, 4.69) is 19.2 Å². The quantitative estimate of drug-likeness (QED) is 0.787. The van der Waals surface area contributed by atoms with E-state index in [-0.39, 0.29) is 24.3 Å². The van der Waals surface area contributed by atoms with Crippen LogP contribution in [-0.4, -0.2) is 47.1 Å². The zero-order valence-corrected chi connectivity index (χ0v) is 12.5. The van der Waals surface area contributed by atoms with Crippen molar-refractivity contribution >= 4 is 11.8 Å². The van der Waals surface area contributed by atoms with Gasteiger partial charge in [-0.15, -0.1) is 0 Å². The Kier molecular flexibility index (Phi) is 4.68. The van der Waals surface area contributed by atoms with Gasteiger partial charge in [-0.3, -0.25) is 9.59 Å². The minimum Gasteiger partial charge on any atom is -0.394 e. The van der Waals surface area contributed by atoms with E-state index in [1.165, 1.54) is 0 Å². The highest BCUT2D eigenvalue weighted by atomic mass is 16.3. The van der Waals surface area contributed by atoms with Gasteiger partial charge in [0, 0.05) is 19.5 Å². The van der Waals surface area contributed by atoms with Crippen LogP contribution >= 0.6 is 0 Å². The zero-order valence-electron chi connectivity index (χ0n) is 12.5. The molecule has 20 heavy (non-hydrogen) atoms. The van der Waals surface area contributed by atoms with Crippen LogP contribution in [0.2, 0.25) is 0 Å². The van der Waals surface area contributed by atoms with Crippen molar-refractivity contribution in [2.75, 3.05) is 19.7 Å². The highest BCUT2D eigenvalue weighted by Crippen LogP contribution is 2.30. The van der Waals surface area contributed by atoms with Crippen molar-refractivity contribution in [1.29, 1.82) is 0 Å². The highest BCUT2D eigenvalue weighted by Gasteiger charge is 2.40. The van der Waals surface area contributed by atoms with Gasteiger partial charge in [0.2, 0.25) is 11.8 Å². The van der Waals surface area contributed by atoms with E-state index in [1.807, 2.05) is 0 Å². The van der Waals surface area contributed by atoms with Crippen molar-refractivity contribution in [2.45, 2.75) is 51.5 Å². The summed E-state index contributed by atoms with van der Waals surface area (Å²) < 4.78 is 0. The second-order valence-electron chi connectivity index (χ2n) is 6.73. The Hall–Kier alpha value is -1.10. The number of aliphatic hydroxyl groups is 1. The average Bonchev–Trinajstić information content (AvgIpc) is 2.98. The third-order valence-corrected chi connectivity index (χ3v) is 4.42. The molecule has 1 saturated carbocycles. The molecule has 1 unspecified atom stereocenters. The van der Waals surface area contributed by atoms with Gasteiger partial charge in [0.25, 0.3) is 0 Å². The summed E-state index contributed by atoms with van der Waals surface area (Å²) in [6.45, 7) is 5.37. The van der Waals surface area contributed by atoms with E-state index < -0.39 is 5.54 Å². The minimum absolute atomic E-state index is 0.00485. The van der Waals surface area contributed by atoms with Crippen LogP contribution in [0.5, 0.6) is 0 Å². The zero-order chi connectivity index (χ0) is 14.8. The molecule has 0 aromatic heterocycles. The molecule has 2 rings (SSSR count). The molecule has 0 radical (unpaired) electrons. The molecule has 1 heterocycles. The third kappa shape index (κ3) is 3.32. The van der Waals surface area contributed by atoms with Crippen molar-refractivity contribution in [3.05, 3.63) is 0 Å². The van der Waals surface area contributed by atoms with Crippen LogP contribution in [-0.2, 0) is 9.59 Å². The first kappa shape index (κ1) is 15.3. The van der Waals surface area contributed by atoms with Crippen molar-refractivity contribution in [3.8, 4) is 0 Å². The smallest absolute Gasteiger partial charge is 0.225 e. The van der Waals surface area contributed by atoms with E-state index in [0.29, 0.717) is 25.4 Å². The second-order valence-corrected chi connectivity index (χ2v) is 6.73. The Bertz CT molecular complexity index is 375. The average molecular weight is 282 g/mol. The Morgan fingerprint density at radius 3 is 2.65 bits per heavy atom. The number of aliphatic hydroxyl groups excluding tert-OH is 1. The van der Waals surface area contributed by atoms with Crippen LogP contribution in [0.25, 0.3) is 0 Å². The summed E-state index contributed by atoms with van der Waals surface area (Å²) in [5.41, 5.74) is -0.439. The van der Waals surface area contributed by atoms with Crippen LogP contribution in [0.1, 0.15) is 46.0 Å². The normalized spacial score (nSPS) is 25.5. The fraction of sp³-hybridized carbons (Fsp3) is 0.867. The molecule has 2 amide bonds. The van der Waals surface area contributed by atoms with E-state index in [4.69, 9.17) is 0 Å². The summed E-state index contributed by atoms with van der Waals surface area (Å²) in [6, 6.07) is 0. The summed E-state index contributed by atoms with van der Waals surface area (Å²) in [5, 5.41) is 12.5. The number of carbonyl (C=O) groups is 2. The Morgan fingerprint density at radius 2 is 2.10 bits per heavy atom. The molecule has 2 N–H and O–H groups in total. The predicted octanol–water partition coefficient (Wildman–Crippen LogP) is 0.912. The SMILES string of the molecule is CC(C)CN1CC(C(=O)NC2(CO)CCCC2)CC1=O. The first-order valence-electron chi connectivity index (χ1n) is 7.66. The molecule has 0 aromatic carbocycles. The summed E-state index contributed by atoms with van der Waals surface area (Å²) >= 11 is 0. The molecule has 2 fully saturated rings. The Balaban J connectivity index is 1.92. The lowest BCUT2D eigenvalue weighted by Gasteiger charge is -2.29. The van der Waals surface area contributed by atoms with E-state index in [9.17, 15) is 14.7 Å². The van der Waals surface area contributed by atoms with Crippen molar-refractivity contribution in [3.63, 3.8) is 0 Å². The molecule has 114 valence electrons. The number of rotatable bonds is 5. The molecule has 5 nitrogen and oxygen atoms in total. The molecule has 2 aliphatic rings. The maximum atomic E-state index is 12.3. The fourth-order valence-electron chi connectivity index (χ4n) is 3.30. The van der Waals surface area contributed by atoms with Gasteiger partial charge < -0.3 is 15.3 Å². The standard InChI is InChI=1S/C15H26N2O3/c1-11(2)8-17-9-12(7-13(17)19)14(20)16-15(10-18)5-3-4-6-15/h11-12,18H,3-10H2,1-2H3,(H,16,20). The second kappa shape index (κ2) is 6.12. The number of nitrogens with one attached hydrogen (secondary N) is 1. The molecule has 0 spiro atoms. The predicted molar refractivity (Wildman–Crippen MR) is 76.0 cm³/mol. The molecule has 1 saturated heterocycles. The van der Waals surface area contributed by atoms with Gasteiger partial charge >= 0.3 is 0 Å². The minimum atomic E-state index is -0.439. The first-order chi connectivity index (χ1) is 9.46. The van der Waals surface area contributed by atoms with E-state index in [1.54, 1.807) is 4.90 Å². The molecule has 1 atom stereocenters. The van der Waals surface area contributed by atoms with Crippen LogP contribution in [0.3, 0.4) is 0 Å². The van der Waals surface area contributed by atoms with Crippen LogP contribution in [0.15, 0.2) is 0 Å². The van der Waals surface area contributed by atoms with Crippen LogP contribution in [0, 0.1) is 11.8 Å². The van der Waals surface area contributed by atoms with Crippen molar-refractivity contribution in [2.24, 2.45) is 11.8 Å². The third-order valence-electron chi connectivity index (χ3n) is 4.42. The fourth-order valence-corrected chi connectivity index (χ4v) is 3.30. The molecule has 0 aromatic rings. The van der Waals surface area contributed by atoms with Crippen molar-refractivity contribution in [1.82, 2.24) is 10.2 Å². The Morgan fingerprint density at radius 1 is 1.45 bits per heavy atom. The van der Waals surface area contributed by atoms with Gasteiger partial charge in [0.15, 0.2) is 0 Å². The number of amides is 2. The number of nitrogens with zero attached hydrogens (tertiary/aromatic N) is 1. The molecule has 5 heteroatoms. The lowest BCUT2D eigenvalue weighted by atomic mass is 9.97. The molecule has 1 aliphatic heterocycles. The number of likely N-dealkylation sites (tertiary alicyclic amines) is 1. The topological polar surface area (TPSA) is 69.6 Å². The summed E-state index contributed by atoms with van der Waals surface area (Å²) in [5.74, 6) is 0.161. The molecule has 0 bridgehead atoms. The van der Waals surface area contributed by atoms with Gasteiger partial charge in [-0.05, 0) is 18.8 Å². The van der Waals surface area contributed by atoms with Crippen LogP contribution < -0.4 is 5.32 Å². The van der Waals surface area contributed by atoms with Gasteiger partial charge in [-0.1, -0.05) is 26.7 Å². The maximum absolute atomic E-state index is 12.3. The first-order valence-corrected chi connectivity index (χ1v) is 7.66. The molecule has 1 aliphatic carbocycles. The van der Waals surface area contributed by atoms with Gasteiger partial charge in [0.1, 0.15) is 0 Å². The summed E-state index contributed by atoms with van der Waals surface area (Å²) in [4.78, 5) is 26.0. The maximum Gasteiger partial charge on any atom is 0.225 e. The molecular weight excluding hydrogens is 256 g/mol. The largest absolute Gasteiger partial charge is 0.394 e. The van der Waals surface area contributed by atoms with Gasteiger partial charge in [-0.2, -0.15) is 0 Å².